The first-order valence-electron chi connectivity index (χ1n) is 10.4. The van der Waals surface area contributed by atoms with Crippen LogP contribution in [-0.4, -0.2) is 36.3 Å². The van der Waals surface area contributed by atoms with E-state index in [9.17, 15) is 14.7 Å². The fraction of sp³-hybridized carbons (Fsp3) is 0.160. The number of rotatable bonds is 9. The zero-order chi connectivity index (χ0) is 24.5. The Labute approximate surface area is 202 Å². The fourth-order valence-electron chi connectivity index (χ4n) is 2.88. The van der Waals surface area contributed by atoms with E-state index in [4.69, 9.17) is 21.1 Å². The molecule has 3 rings (SSSR count). The molecule has 0 saturated heterocycles. The predicted octanol–water partition coefficient (Wildman–Crippen LogP) is 4.53. The van der Waals surface area contributed by atoms with Gasteiger partial charge < -0.3 is 19.9 Å². The highest BCUT2D eigenvalue weighted by Crippen LogP contribution is 2.26. The van der Waals surface area contributed by atoms with Crippen molar-refractivity contribution in [3.8, 4) is 17.2 Å². The highest BCUT2D eigenvalue weighted by Gasteiger charge is 2.10. The second kappa shape index (κ2) is 11.7. The molecule has 3 aromatic carbocycles. The maximum atomic E-state index is 12.5. The number of phenolic OH excluding ortho intramolecular Hbond substituents is 1. The van der Waals surface area contributed by atoms with Crippen LogP contribution in [0.2, 0.25) is 5.02 Å². The second-order valence-electron chi connectivity index (χ2n) is 7.13. The summed E-state index contributed by atoms with van der Waals surface area (Å²) in [4.78, 5) is 24.4. The topological polar surface area (TPSA) is 109 Å². The minimum Gasteiger partial charge on any atom is -0.504 e. The maximum Gasteiger partial charge on any atom is 0.277 e. The second-order valence-corrected chi connectivity index (χ2v) is 7.54. The van der Waals surface area contributed by atoms with E-state index in [1.165, 1.54) is 12.3 Å². The zero-order valence-corrected chi connectivity index (χ0v) is 19.4. The van der Waals surface area contributed by atoms with Crippen molar-refractivity contribution in [1.82, 2.24) is 5.43 Å². The number of hydrogen-bond donors (Lipinski definition) is 3. The van der Waals surface area contributed by atoms with Crippen LogP contribution in [0.15, 0.2) is 65.8 Å². The molecule has 0 atom stereocenters. The maximum absolute atomic E-state index is 12.5. The molecule has 0 unspecified atom stereocenters. The number of amides is 2. The van der Waals surface area contributed by atoms with Crippen LogP contribution in [0.5, 0.6) is 17.2 Å². The zero-order valence-electron chi connectivity index (χ0n) is 18.7. The molecule has 0 aromatic heterocycles. The molecule has 8 nitrogen and oxygen atoms in total. The van der Waals surface area contributed by atoms with E-state index >= 15 is 0 Å². The highest BCUT2D eigenvalue weighted by molar-refractivity contribution is 6.31. The van der Waals surface area contributed by atoms with Gasteiger partial charge in [0.25, 0.3) is 11.8 Å². The van der Waals surface area contributed by atoms with Crippen LogP contribution in [0.1, 0.15) is 28.4 Å². The summed E-state index contributed by atoms with van der Waals surface area (Å²) < 4.78 is 10.7. The summed E-state index contributed by atoms with van der Waals surface area (Å²) in [6.45, 7) is 3.79. The van der Waals surface area contributed by atoms with Crippen LogP contribution < -0.4 is 20.2 Å². The molecule has 176 valence electrons. The van der Waals surface area contributed by atoms with Gasteiger partial charge in [-0.2, -0.15) is 5.10 Å². The third kappa shape index (κ3) is 6.73. The third-order valence-corrected chi connectivity index (χ3v) is 5.10. The van der Waals surface area contributed by atoms with Gasteiger partial charge in [0, 0.05) is 16.3 Å². The number of anilines is 1. The quantitative estimate of drug-likeness (QED) is 0.307. The van der Waals surface area contributed by atoms with E-state index in [0.717, 1.165) is 5.56 Å². The van der Waals surface area contributed by atoms with Crippen molar-refractivity contribution in [3.05, 3.63) is 82.4 Å². The number of nitrogens with one attached hydrogen (secondary N) is 2. The summed E-state index contributed by atoms with van der Waals surface area (Å²) in [5.74, 6) is 0.0407. The van der Waals surface area contributed by atoms with Gasteiger partial charge in [-0.3, -0.25) is 9.59 Å². The number of carbonyl (C=O) groups is 2. The van der Waals surface area contributed by atoms with E-state index in [2.05, 4.69) is 15.8 Å². The molecule has 34 heavy (non-hydrogen) atoms. The van der Waals surface area contributed by atoms with Crippen LogP contribution in [-0.2, 0) is 4.79 Å². The normalized spacial score (nSPS) is 10.7. The average molecular weight is 482 g/mol. The predicted molar refractivity (Wildman–Crippen MR) is 131 cm³/mol. The van der Waals surface area contributed by atoms with Gasteiger partial charge in [0.1, 0.15) is 5.75 Å². The molecule has 0 heterocycles. The Morgan fingerprint density at radius 3 is 2.59 bits per heavy atom. The van der Waals surface area contributed by atoms with E-state index in [1.54, 1.807) is 54.6 Å². The molecule has 0 aliphatic carbocycles. The van der Waals surface area contributed by atoms with Crippen molar-refractivity contribution in [2.45, 2.75) is 13.8 Å². The highest BCUT2D eigenvalue weighted by atomic mass is 35.5. The minimum absolute atomic E-state index is 0.0273. The van der Waals surface area contributed by atoms with Gasteiger partial charge in [-0.15, -0.1) is 0 Å². The molecule has 0 fully saturated rings. The third-order valence-electron chi connectivity index (χ3n) is 4.69. The molecule has 9 heteroatoms. The first-order chi connectivity index (χ1) is 16.4. The molecular formula is C25H24ClN3O5. The van der Waals surface area contributed by atoms with Crippen molar-refractivity contribution < 1.29 is 24.2 Å². The standard InChI is InChI=1S/C25H24ClN3O5/c1-3-33-23-13-17(7-12-22(23)30)14-27-29-24(31)15-34-19-10-8-18(9-11-19)25(32)28-21-6-4-5-20(26)16(21)2/h4-14,30H,3,15H2,1-2H3,(H,28,32)(H,29,31)/b27-14+. The molecule has 0 saturated carbocycles. The summed E-state index contributed by atoms with van der Waals surface area (Å²) in [6.07, 6.45) is 1.43. The van der Waals surface area contributed by atoms with Crippen molar-refractivity contribution in [1.29, 1.82) is 0 Å². The number of hydrazone groups is 1. The largest absolute Gasteiger partial charge is 0.504 e. The van der Waals surface area contributed by atoms with Crippen LogP contribution in [0.3, 0.4) is 0 Å². The van der Waals surface area contributed by atoms with Crippen LogP contribution >= 0.6 is 11.6 Å². The number of phenols is 1. The molecule has 3 N–H and O–H groups in total. The van der Waals surface area contributed by atoms with Crippen molar-refractivity contribution in [2.75, 3.05) is 18.5 Å². The van der Waals surface area contributed by atoms with E-state index < -0.39 is 5.91 Å². The fourth-order valence-corrected chi connectivity index (χ4v) is 3.06. The van der Waals surface area contributed by atoms with Gasteiger partial charge in [-0.1, -0.05) is 17.7 Å². The first-order valence-corrected chi connectivity index (χ1v) is 10.8. The summed E-state index contributed by atoms with van der Waals surface area (Å²) in [5, 5.41) is 17.0. The molecule has 0 radical (unpaired) electrons. The van der Waals surface area contributed by atoms with Crippen LogP contribution in [0, 0.1) is 6.92 Å². The van der Waals surface area contributed by atoms with Gasteiger partial charge in [0.15, 0.2) is 18.1 Å². The SMILES string of the molecule is CCOc1cc(/C=N/NC(=O)COc2ccc(C(=O)Nc3cccc(Cl)c3C)cc2)ccc1O. The van der Waals surface area contributed by atoms with E-state index in [1.807, 2.05) is 13.8 Å². The molecule has 2 amide bonds. The van der Waals surface area contributed by atoms with Crippen molar-refractivity contribution in [3.63, 3.8) is 0 Å². The van der Waals surface area contributed by atoms with Crippen molar-refractivity contribution >= 4 is 35.3 Å². The lowest BCUT2D eigenvalue weighted by atomic mass is 10.1. The van der Waals surface area contributed by atoms with Gasteiger partial charge in [0.2, 0.25) is 0 Å². The Kier molecular flexibility index (Phi) is 8.48. The molecule has 0 aliphatic rings. The Balaban J connectivity index is 1.48. The monoisotopic (exact) mass is 481 g/mol. The number of carbonyl (C=O) groups excluding carboxylic acids is 2. The summed E-state index contributed by atoms with van der Waals surface area (Å²) in [6, 6.07) is 16.4. The van der Waals surface area contributed by atoms with Crippen LogP contribution in [0.4, 0.5) is 5.69 Å². The number of benzene rings is 3. The lowest BCUT2D eigenvalue weighted by Gasteiger charge is -2.10. The Morgan fingerprint density at radius 1 is 1.09 bits per heavy atom. The number of halogens is 1. The van der Waals surface area contributed by atoms with E-state index in [-0.39, 0.29) is 18.3 Å². The Bertz CT molecular complexity index is 1200. The van der Waals surface area contributed by atoms with Gasteiger partial charge in [-0.05, 0) is 79.6 Å². The lowest BCUT2D eigenvalue weighted by Crippen LogP contribution is -2.24. The van der Waals surface area contributed by atoms with Crippen LogP contribution in [0.25, 0.3) is 0 Å². The number of nitrogens with zero attached hydrogens (tertiary/aromatic N) is 1. The summed E-state index contributed by atoms with van der Waals surface area (Å²) in [7, 11) is 0. The number of ether oxygens (including phenoxy) is 2. The summed E-state index contributed by atoms with van der Waals surface area (Å²) in [5.41, 5.74) is 4.86. The number of hydrogen-bond acceptors (Lipinski definition) is 6. The van der Waals surface area contributed by atoms with Gasteiger partial charge in [-0.25, -0.2) is 5.43 Å². The minimum atomic E-state index is -0.460. The Morgan fingerprint density at radius 2 is 1.85 bits per heavy atom. The molecule has 0 bridgehead atoms. The van der Waals surface area contributed by atoms with Gasteiger partial charge in [0.05, 0.1) is 12.8 Å². The molecule has 0 spiro atoms. The number of aromatic hydroxyl groups is 1. The lowest BCUT2D eigenvalue weighted by molar-refractivity contribution is -0.123. The van der Waals surface area contributed by atoms with Crippen molar-refractivity contribution in [2.24, 2.45) is 5.10 Å². The first kappa shape index (κ1) is 24.6. The molecule has 3 aromatic rings. The average Bonchev–Trinajstić information content (AvgIpc) is 2.83. The smallest absolute Gasteiger partial charge is 0.277 e. The molecular weight excluding hydrogens is 458 g/mol. The molecule has 0 aliphatic heterocycles. The Hall–Kier alpha value is -4.04. The van der Waals surface area contributed by atoms with E-state index in [0.29, 0.717) is 39.9 Å². The summed E-state index contributed by atoms with van der Waals surface area (Å²) >= 11 is 6.09. The van der Waals surface area contributed by atoms with Gasteiger partial charge >= 0.3 is 0 Å².